The topological polar surface area (TPSA) is 46.2 Å². The first-order valence-corrected chi connectivity index (χ1v) is 9.51. The van der Waals surface area contributed by atoms with Gasteiger partial charge in [0.15, 0.2) is 0 Å². The van der Waals surface area contributed by atoms with Gasteiger partial charge in [0.2, 0.25) is 10.0 Å². The smallest absolute Gasteiger partial charge is 0.211 e. The molecule has 1 N–H and O–H groups in total. The second-order valence-corrected chi connectivity index (χ2v) is 7.38. The molecule has 118 valence electrons. The number of sulfonamides is 1. The molecule has 0 amide bonds. The summed E-state index contributed by atoms with van der Waals surface area (Å²) in [5, 5.41) is 0.833. The van der Waals surface area contributed by atoms with Gasteiger partial charge in [-0.3, -0.25) is 0 Å². The first-order chi connectivity index (χ1) is 10.5. The van der Waals surface area contributed by atoms with E-state index in [0.717, 1.165) is 17.3 Å². The van der Waals surface area contributed by atoms with Crippen LogP contribution in [0.1, 0.15) is 11.1 Å². The Labute approximate surface area is 138 Å². The average Bonchev–Trinajstić information content (AvgIpc) is 2.50. The van der Waals surface area contributed by atoms with Crippen molar-refractivity contribution >= 4 is 26.0 Å². The summed E-state index contributed by atoms with van der Waals surface area (Å²) in [5.41, 5.74) is 1.57. The van der Waals surface area contributed by atoms with E-state index in [1.165, 1.54) is 6.07 Å². The van der Waals surface area contributed by atoms with Crippen molar-refractivity contribution < 1.29 is 12.8 Å². The van der Waals surface area contributed by atoms with Crippen molar-refractivity contribution in [1.29, 1.82) is 0 Å². The zero-order valence-corrected chi connectivity index (χ0v) is 14.3. The average molecular weight is 386 g/mol. The molecule has 0 bridgehead atoms. The fourth-order valence-electron chi connectivity index (χ4n) is 2.05. The van der Waals surface area contributed by atoms with Crippen molar-refractivity contribution in [3.05, 3.63) is 65.5 Å². The van der Waals surface area contributed by atoms with Crippen LogP contribution in [0.2, 0.25) is 0 Å². The maximum Gasteiger partial charge on any atom is 0.240 e. The number of hydrogen-bond acceptors (Lipinski definition) is 2. The van der Waals surface area contributed by atoms with Crippen molar-refractivity contribution in [2.45, 2.75) is 17.7 Å². The van der Waals surface area contributed by atoms with Crippen LogP contribution < -0.4 is 4.72 Å². The van der Waals surface area contributed by atoms with Gasteiger partial charge in [-0.15, -0.1) is 0 Å². The molecule has 3 nitrogen and oxygen atoms in total. The van der Waals surface area contributed by atoms with E-state index in [2.05, 4.69) is 20.7 Å². The van der Waals surface area contributed by atoms with E-state index >= 15 is 0 Å². The van der Waals surface area contributed by atoms with Gasteiger partial charge in [0.1, 0.15) is 5.82 Å². The fourth-order valence-corrected chi connectivity index (χ4v) is 3.54. The summed E-state index contributed by atoms with van der Waals surface area (Å²) < 4.78 is 40.3. The maximum atomic E-state index is 13.5. The summed E-state index contributed by atoms with van der Waals surface area (Å²) in [6, 6.07) is 13.1. The molecule has 0 atom stereocenters. The third-order valence-electron chi connectivity index (χ3n) is 3.26. The van der Waals surface area contributed by atoms with Crippen LogP contribution in [0.3, 0.4) is 0 Å². The Bertz CT molecular complexity index is 717. The molecule has 0 saturated carbocycles. The minimum absolute atomic E-state index is 0.159. The van der Waals surface area contributed by atoms with Gasteiger partial charge in [0.25, 0.3) is 0 Å². The Morgan fingerprint density at radius 2 is 1.68 bits per heavy atom. The Hall–Kier alpha value is -1.24. The highest BCUT2D eigenvalue weighted by atomic mass is 79.9. The molecule has 0 unspecified atom stereocenters. The van der Waals surface area contributed by atoms with Gasteiger partial charge in [-0.2, -0.15) is 0 Å². The van der Waals surface area contributed by atoms with E-state index in [9.17, 15) is 12.8 Å². The van der Waals surface area contributed by atoms with Gasteiger partial charge < -0.3 is 0 Å². The van der Waals surface area contributed by atoms with Crippen LogP contribution in [0.15, 0.2) is 53.4 Å². The van der Waals surface area contributed by atoms with Gasteiger partial charge in [0, 0.05) is 11.9 Å². The van der Waals surface area contributed by atoms with E-state index in [1.54, 1.807) is 42.5 Å². The van der Waals surface area contributed by atoms with Crippen molar-refractivity contribution in [2.24, 2.45) is 0 Å². The summed E-state index contributed by atoms with van der Waals surface area (Å²) in [4.78, 5) is 0.222. The van der Waals surface area contributed by atoms with Crippen LogP contribution in [0.5, 0.6) is 0 Å². The van der Waals surface area contributed by atoms with Crippen molar-refractivity contribution in [2.75, 3.05) is 11.9 Å². The lowest BCUT2D eigenvalue weighted by molar-refractivity contribution is 0.577. The first-order valence-electron chi connectivity index (χ1n) is 6.91. The molecule has 2 rings (SSSR count). The molecule has 0 aliphatic rings. The minimum Gasteiger partial charge on any atom is -0.211 e. The van der Waals surface area contributed by atoms with Gasteiger partial charge in [0.05, 0.1) is 4.90 Å². The molecule has 0 aromatic heterocycles. The molecule has 22 heavy (non-hydrogen) atoms. The molecule has 0 aliphatic heterocycles. The monoisotopic (exact) mass is 385 g/mol. The standard InChI is InChI=1S/C16H17BrFNO2S/c17-11-9-13-5-7-15(8-6-13)22(20,21)19-12-10-14-3-1-2-4-16(14)18/h1-8,19H,9-12H2. The molecule has 2 aromatic rings. The Kier molecular flexibility index (Phi) is 6.11. The molecular formula is C16H17BrFNO2S. The summed E-state index contributed by atoms with van der Waals surface area (Å²) in [7, 11) is -3.56. The highest BCUT2D eigenvalue weighted by Gasteiger charge is 2.13. The first kappa shape index (κ1) is 17.1. The van der Waals surface area contributed by atoms with Crippen LogP contribution in [0.25, 0.3) is 0 Å². The zero-order chi connectivity index (χ0) is 16.0. The summed E-state index contributed by atoms with van der Waals surface area (Å²) in [6.45, 7) is 0.159. The number of aryl methyl sites for hydroxylation is 1. The van der Waals surface area contributed by atoms with Gasteiger partial charge in [-0.1, -0.05) is 46.3 Å². The molecule has 0 heterocycles. The third kappa shape index (κ3) is 4.63. The fraction of sp³-hybridized carbons (Fsp3) is 0.250. The second kappa shape index (κ2) is 7.85. The molecular weight excluding hydrogens is 369 g/mol. The van der Waals surface area contributed by atoms with Crippen LogP contribution in [0, 0.1) is 5.82 Å². The number of benzene rings is 2. The van der Waals surface area contributed by atoms with Crippen LogP contribution in [-0.4, -0.2) is 20.3 Å². The number of hydrogen-bond donors (Lipinski definition) is 1. The zero-order valence-electron chi connectivity index (χ0n) is 11.9. The number of alkyl halides is 1. The minimum atomic E-state index is -3.56. The summed E-state index contributed by atoms with van der Waals surface area (Å²) in [5.74, 6) is -0.319. The molecule has 0 fully saturated rings. The lowest BCUT2D eigenvalue weighted by atomic mass is 10.1. The second-order valence-electron chi connectivity index (χ2n) is 4.82. The Morgan fingerprint density at radius 3 is 2.32 bits per heavy atom. The van der Waals surface area contributed by atoms with Crippen LogP contribution in [0.4, 0.5) is 4.39 Å². The normalized spacial score (nSPS) is 11.5. The van der Waals surface area contributed by atoms with E-state index in [-0.39, 0.29) is 17.3 Å². The summed E-state index contributed by atoms with van der Waals surface area (Å²) >= 11 is 3.35. The Morgan fingerprint density at radius 1 is 1.00 bits per heavy atom. The SMILES string of the molecule is O=S(=O)(NCCc1ccccc1F)c1ccc(CCBr)cc1. The van der Waals surface area contributed by atoms with Gasteiger partial charge in [-0.05, 0) is 42.2 Å². The number of nitrogens with one attached hydrogen (secondary N) is 1. The van der Waals surface area contributed by atoms with Crippen LogP contribution >= 0.6 is 15.9 Å². The highest BCUT2D eigenvalue weighted by molar-refractivity contribution is 9.09. The Balaban J connectivity index is 1.97. The quantitative estimate of drug-likeness (QED) is 0.743. The molecule has 0 spiro atoms. The lowest BCUT2D eigenvalue weighted by Crippen LogP contribution is -2.26. The summed E-state index contributed by atoms with van der Waals surface area (Å²) in [6.07, 6.45) is 1.16. The van der Waals surface area contributed by atoms with Crippen molar-refractivity contribution in [1.82, 2.24) is 4.72 Å². The highest BCUT2D eigenvalue weighted by Crippen LogP contribution is 2.12. The predicted molar refractivity (Wildman–Crippen MR) is 89.2 cm³/mol. The molecule has 2 aromatic carbocycles. The van der Waals surface area contributed by atoms with E-state index < -0.39 is 10.0 Å². The molecule has 0 radical (unpaired) electrons. The lowest BCUT2D eigenvalue weighted by Gasteiger charge is -2.08. The predicted octanol–water partition coefficient (Wildman–Crippen LogP) is 3.28. The largest absolute Gasteiger partial charge is 0.240 e. The number of halogens is 2. The number of rotatable bonds is 7. The van der Waals surface area contributed by atoms with Crippen molar-refractivity contribution in [3.8, 4) is 0 Å². The van der Waals surface area contributed by atoms with E-state index in [4.69, 9.17) is 0 Å². The van der Waals surface area contributed by atoms with Gasteiger partial charge in [-0.25, -0.2) is 17.5 Å². The van der Waals surface area contributed by atoms with E-state index in [0.29, 0.717) is 12.0 Å². The van der Waals surface area contributed by atoms with Crippen molar-refractivity contribution in [3.63, 3.8) is 0 Å². The van der Waals surface area contributed by atoms with E-state index in [1.807, 2.05) is 0 Å². The molecule has 0 saturated heterocycles. The molecule has 6 heteroatoms. The molecule has 0 aliphatic carbocycles. The van der Waals surface area contributed by atoms with Gasteiger partial charge >= 0.3 is 0 Å². The maximum absolute atomic E-state index is 13.5. The van der Waals surface area contributed by atoms with Crippen LogP contribution in [-0.2, 0) is 22.9 Å². The third-order valence-corrected chi connectivity index (χ3v) is 5.13.